The van der Waals surface area contributed by atoms with E-state index >= 15 is 0 Å². The van der Waals surface area contributed by atoms with Gasteiger partial charge in [-0.15, -0.1) is 0 Å². The van der Waals surface area contributed by atoms with Crippen molar-refractivity contribution in [2.45, 2.75) is 18.4 Å². The van der Waals surface area contributed by atoms with Crippen LogP contribution in [0.2, 0.25) is 0 Å². The second-order valence-corrected chi connectivity index (χ2v) is 4.41. The fourth-order valence-electron chi connectivity index (χ4n) is 1.08. The van der Waals surface area contributed by atoms with Crippen molar-refractivity contribution in [3.8, 4) is 0 Å². The van der Waals surface area contributed by atoms with E-state index in [0.717, 1.165) is 6.07 Å². The number of halogens is 2. The average Bonchev–Trinajstić information content (AvgIpc) is 2.00. The summed E-state index contributed by atoms with van der Waals surface area (Å²) in [6.45, 7) is 1.36. The molecule has 84 valence electrons. The molecule has 5 nitrogen and oxygen atoms in total. The molecular weight excluding hydrogens is 228 g/mol. The van der Waals surface area contributed by atoms with Gasteiger partial charge in [0.1, 0.15) is 5.69 Å². The van der Waals surface area contributed by atoms with Crippen molar-refractivity contribution >= 4 is 15.7 Å². The summed E-state index contributed by atoms with van der Waals surface area (Å²) in [5, 5.41) is 4.04. The number of aryl methyl sites for hydroxylation is 1. The van der Waals surface area contributed by atoms with Crippen LogP contribution in [-0.4, -0.2) is 13.4 Å². The molecule has 8 heteroatoms. The van der Waals surface area contributed by atoms with E-state index in [2.05, 4.69) is 4.98 Å². The number of sulfonamides is 1. The van der Waals surface area contributed by atoms with Crippen molar-refractivity contribution in [1.82, 2.24) is 4.98 Å². The van der Waals surface area contributed by atoms with E-state index in [4.69, 9.17) is 10.9 Å². The highest BCUT2D eigenvalue weighted by Gasteiger charge is 2.20. The lowest BCUT2D eigenvalue weighted by Crippen LogP contribution is -2.17. The van der Waals surface area contributed by atoms with Crippen LogP contribution in [0.3, 0.4) is 0 Å². The maximum Gasteiger partial charge on any atom is 0.280 e. The summed E-state index contributed by atoms with van der Waals surface area (Å²) in [5.41, 5.74) is 4.56. The molecule has 0 saturated carbocycles. The number of nitrogen functional groups attached to an aromatic ring is 1. The second kappa shape index (κ2) is 3.70. The molecule has 0 fully saturated rings. The predicted molar refractivity (Wildman–Crippen MR) is 49.7 cm³/mol. The number of aromatic nitrogens is 1. The quantitative estimate of drug-likeness (QED) is 0.784. The summed E-state index contributed by atoms with van der Waals surface area (Å²) in [6.07, 6.45) is -2.87. The van der Waals surface area contributed by atoms with Crippen LogP contribution < -0.4 is 10.9 Å². The number of hydrogen-bond acceptors (Lipinski definition) is 4. The lowest BCUT2D eigenvalue weighted by Gasteiger charge is -2.08. The first-order chi connectivity index (χ1) is 6.73. The maximum atomic E-state index is 12.4. The van der Waals surface area contributed by atoms with E-state index in [1.165, 1.54) is 6.92 Å². The van der Waals surface area contributed by atoms with Crippen molar-refractivity contribution in [3.63, 3.8) is 0 Å². The summed E-state index contributed by atoms with van der Waals surface area (Å²) in [4.78, 5) is 3.25. The van der Waals surface area contributed by atoms with Crippen molar-refractivity contribution in [2.75, 3.05) is 5.73 Å². The Morgan fingerprint density at radius 2 is 2.00 bits per heavy atom. The molecule has 0 saturated heterocycles. The van der Waals surface area contributed by atoms with Gasteiger partial charge in [0.15, 0.2) is 5.03 Å². The van der Waals surface area contributed by atoms with Crippen molar-refractivity contribution in [3.05, 3.63) is 17.3 Å². The van der Waals surface area contributed by atoms with Gasteiger partial charge in [-0.1, -0.05) is 0 Å². The van der Waals surface area contributed by atoms with Gasteiger partial charge in [0.2, 0.25) is 0 Å². The van der Waals surface area contributed by atoms with Crippen LogP contribution in [0.5, 0.6) is 0 Å². The zero-order valence-corrected chi connectivity index (χ0v) is 8.55. The molecule has 1 aromatic rings. The Kier molecular flexibility index (Phi) is 2.91. The van der Waals surface area contributed by atoms with Gasteiger partial charge in [-0.25, -0.2) is 27.3 Å². The number of hydrogen-bond donors (Lipinski definition) is 2. The van der Waals surface area contributed by atoms with E-state index < -0.39 is 27.2 Å². The number of pyridine rings is 1. The molecule has 0 spiro atoms. The zero-order chi connectivity index (χ0) is 11.8. The minimum atomic E-state index is -4.18. The van der Waals surface area contributed by atoms with Crippen molar-refractivity contribution < 1.29 is 17.2 Å². The Labute approximate surface area is 85.2 Å². The van der Waals surface area contributed by atoms with Crippen LogP contribution in [0, 0.1) is 6.92 Å². The Hall–Kier alpha value is -1.28. The SMILES string of the molecule is Cc1cc(N)c(S(N)(=O)=O)nc1C(F)F. The molecule has 0 radical (unpaired) electrons. The zero-order valence-electron chi connectivity index (χ0n) is 7.74. The number of anilines is 1. The molecule has 1 rings (SSSR count). The number of alkyl halides is 2. The van der Waals surface area contributed by atoms with E-state index in [1.807, 2.05) is 0 Å². The van der Waals surface area contributed by atoms with Crippen LogP contribution in [-0.2, 0) is 10.0 Å². The number of primary sulfonamides is 1. The van der Waals surface area contributed by atoms with Gasteiger partial charge in [0, 0.05) is 0 Å². The first-order valence-corrected chi connectivity index (χ1v) is 5.36. The standard InChI is InChI=1S/C7H9F2N3O2S/c1-3-2-4(10)7(15(11,13)14)12-5(3)6(8)9/h2,6H,10H2,1H3,(H2,11,13,14). The van der Waals surface area contributed by atoms with Gasteiger partial charge in [-0.2, -0.15) is 0 Å². The van der Waals surface area contributed by atoms with Crippen LogP contribution in [0.1, 0.15) is 17.7 Å². The molecule has 1 heterocycles. The number of nitrogens with zero attached hydrogens (tertiary/aromatic N) is 1. The third kappa shape index (κ3) is 2.39. The van der Waals surface area contributed by atoms with Crippen LogP contribution >= 0.6 is 0 Å². The Morgan fingerprint density at radius 1 is 1.47 bits per heavy atom. The molecule has 0 aliphatic carbocycles. The third-order valence-electron chi connectivity index (χ3n) is 1.72. The Balaban J connectivity index is 3.50. The molecule has 0 unspecified atom stereocenters. The molecule has 0 bridgehead atoms. The summed E-state index contributed by atoms with van der Waals surface area (Å²) in [7, 11) is -4.18. The Morgan fingerprint density at radius 3 is 2.40 bits per heavy atom. The third-order valence-corrected chi connectivity index (χ3v) is 2.59. The summed E-state index contributed by atoms with van der Waals surface area (Å²) >= 11 is 0. The van der Waals surface area contributed by atoms with Gasteiger partial charge in [-0.3, -0.25) is 0 Å². The first-order valence-electron chi connectivity index (χ1n) is 3.81. The highest BCUT2D eigenvalue weighted by Crippen LogP contribution is 2.25. The number of rotatable bonds is 2. The van der Waals surface area contributed by atoms with Crippen molar-refractivity contribution in [1.29, 1.82) is 0 Å². The first kappa shape index (κ1) is 11.8. The molecule has 1 aromatic heterocycles. The van der Waals surface area contributed by atoms with E-state index in [-0.39, 0.29) is 11.3 Å². The highest BCUT2D eigenvalue weighted by atomic mass is 32.2. The molecule has 0 aliphatic heterocycles. The molecule has 15 heavy (non-hydrogen) atoms. The summed E-state index contributed by atoms with van der Waals surface area (Å²) < 4.78 is 46.6. The monoisotopic (exact) mass is 237 g/mol. The highest BCUT2D eigenvalue weighted by molar-refractivity contribution is 7.89. The second-order valence-electron chi connectivity index (χ2n) is 2.93. The van der Waals surface area contributed by atoms with E-state index in [9.17, 15) is 17.2 Å². The smallest absolute Gasteiger partial charge is 0.280 e. The van der Waals surface area contributed by atoms with Crippen LogP contribution in [0.15, 0.2) is 11.1 Å². The van der Waals surface area contributed by atoms with Gasteiger partial charge < -0.3 is 5.73 Å². The van der Waals surface area contributed by atoms with E-state index in [1.54, 1.807) is 0 Å². The molecule has 0 atom stereocenters. The number of nitrogens with two attached hydrogens (primary N) is 2. The van der Waals surface area contributed by atoms with Crippen LogP contribution in [0.25, 0.3) is 0 Å². The van der Waals surface area contributed by atoms with Gasteiger partial charge in [0.25, 0.3) is 16.4 Å². The topological polar surface area (TPSA) is 99.1 Å². The maximum absolute atomic E-state index is 12.4. The predicted octanol–water partition coefficient (Wildman–Crippen LogP) is 0.557. The molecule has 0 aliphatic rings. The Bertz CT molecular complexity index is 487. The molecule has 4 N–H and O–H groups in total. The van der Waals surface area contributed by atoms with Crippen molar-refractivity contribution in [2.24, 2.45) is 5.14 Å². The molecule has 0 aromatic carbocycles. The normalized spacial score (nSPS) is 12.1. The summed E-state index contributed by atoms with van der Waals surface area (Å²) in [6, 6.07) is 1.11. The fraction of sp³-hybridized carbons (Fsp3) is 0.286. The van der Waals surface area contributed by atoms with Gasteiger partial charge >= 0.3 is 0 Å². The lowest BCUT2D eigenvalue weighted by molar-refractivity contribution is 0.144. The fourth-order valence-corrected chi connectivity index (χ4v) is 1.69. The average molecular weight is 237 g/mol. The van der Waals surface area contributed by atoms with Gasteiger partial charge in [0.05, 0.1) is 5.69 Å². The lowest BCUT2D eigenvalue weighted by atomic mass is 10.2. The molecule has 0 amide bonds. The largest absolute Gasteiger partial charge is 0.396 e. The van der Waals surface area contributed by atoms with E-state index in [0.29, 0.717) is 0 Å². The van der Waals surface area contributed by atoms with Gasteiger partial charge in [-0.05, 0) is 18.6 Å². The molecular formula is C7H9F2N3O2S. The minimum absolute atomic E-state index is 0.120. The van der Waals surface area contributed by atoms with Crippen LogP contribution in [0.4, 0.5) is 14.5 Å². The summed E-state index contributed by atoms with van der Waals surface area (Å²) in [5.74, 6) is 0. The minimum Gasteiger partial charge on any atom is -0.396 e.